The number of benzene rings is 2. The largest absolute Gasteiger partial charge is 0.489 e. The number of hydrogen-bond donors (Lipinski definition) is 1. The summed E-state index contributed by atoms with van der Waals surface area (Å²) in [6.07, 6.45) is 0.0857. The molecule has 0 aromatic heterocycles. The van der Waals surface area contributed by atoms with Gasteiger partial charge in [0, 0.05) is 9.79 Å². The van der Waals surface area contributed by atoms with E-state index in [1.807, 2.05) is 44.2 Å². The quantitative estimate of drug-likeness (QED) is 0.751. The molecule has 0 fully saturated rings. The molecule has 2 rings (SSSR count). The van der Waals surface area contributed by atoms with Crippen LogP contribution in [-0.2, 0) is 0 Å². The maximum Gasteiger partial charge on any atom is 0.143 e. The van der Waals surface area contributed by atoms with Crippen molar-refractivity contribution in [1.82, 2.24) is 0 Å². The summed E-state index contributed by atoms with van der Waals surface area (Å²) < 4.78 is 5.68. The van der Waals surface area contributed by atoms with E-state index in [1.165, 1.54) is 0 Å². The van der Waals surface area contributed by atoms with Crippen molar-refractivity contribution in [3.63, 3.8) is 0 Å². The van der Waals surface area contributed by atoms with E-state index in [0.29, 0.717) is 21.5 Å². The van der Waals surface area contributed by atoms with Gasteiger partial charge < -0.3 is 10.5 Å². The minimum absolute atomic E-state index is 0.0857. The van der Waals surface area contributed by atoms with E-state index in [0.717, 1.165) is 9.79 Å². The van der Waals surface area contributed by atoms with E-state index in [9.17, 15) is 0 Å². The first-order chi connectivity index (χ1) is 9.45. The summed E-state index contributed by atoms with van der Waals surface area (Å²) in [6.45, 7) is 3.94. The van der Waals surface area contributed by atoms with E-state index >= 15 is 0 Å². The van der Waals surface area contributed by atoms with Crippen molar-refractivity contribution >= 4 is 40.7 Å². The van der Waals surface area contributed by atoms with Crippen LogP contribution in [0.4, 0.5) is 5.69 Å². The normalized spacial score (nSPS) is 10.8. The lowest BCUT2D eigenvalue weighted by molar-refractivity contribution is 0.243. The number of ether oxygens (including phenoxy) is 1. The van der Waals surface area contributed by atoms with Crippen molar-refractivity contribution < 1.29 is 4.74 Å². The molecule has 0 saturated carbocycles. The zero-order chi connectivity index (χ0) is 14.7. The number of nitrogens with two attached hydrogens (primary N) is 1. The Kier molecular flexibility index (Phi) is 5.08. The molecule has 0 amide bonds. The van der Waals surface area contributed by atoms with Crippen molar-refractivity contribution in [3.8, 4) is 5.75 Å². The van der Waals surface area contributed by atoms with Crippen LogP contribution in [0.15, 0.2) is 46.2 Å². The second-order valence-corrected chi connectivity index (χ2v) is 6.51. The SMILES string of the molecule is CC(C)Oc1cc(Sc2ccc(Cl)c(Cl)c2)ccc1N. The Morgan fingerprint density at radius 1 is 1.00 bits per heavy atom. The molecular formula is C15H15Cl2NOS. The first kappa shape index (κ1) is 15.4. The van der Waals surface area contributed by atoms with Gasteiger partial charge in [-0.2, -0.15) is 0 Å². The summed E-state index contributed by atoms with van der Waals surface area (Å²) in [5.41, 5.74) is 6.54. The number of anilines is 1. The van der Waals surface area contributed by atoms with Crippen LogP contribution in [0.25, 0.3) is 0 Å². The monoisotopic (exact) mass is 327 g/mol. The fourth-order valence-electron chi connectivity index (χ4n) is 1.61. The minimum Gasteiger partial charge on any atom is -0.489 e. The van der Waals surface area contributed by atoms with Gasteiger partial charge in [0.15, 0.2) is 0 Å². The van der Waals surface area contributed by atoms with Crippen LogP contribution in [-0.4, -0.2) is 6.10 Å². The molecule has 106 valence electrons. The van der Waals surface area contributed by atoms with Gasteiger partial charge in [0.2, 0.25) is 0 Å². The van der Waals surface area contributed by atoms with Gasteiger partial charge in [-0.15, -0.1) is 0 Å². The van der Waals surface area contributed by atoms with Crippen LogP contribution in [0, 0.1) is 0 Å². The van der Waals surface area contributed by atoms with E-state index < -0.39 is 0 Å². The summed E-state index contributed by atoms with van der Waals surface area (Å²) in [4.78, 5) is 2.05. The highest BCUT2D eigenvalue weighted by molar-refractivity contribution is 7.99. The number of halogens is 2. The van der Waals surface area contributed by atoms with Gasteiger partial charge in [0.1, 0.15) is 5.75 Å². The summed E-state index contributed by atoms with van der Waals surface area (Å²) in [7, 11) is 0. The molecule has 2 N–H and O–H groups in total. The zero-order valence-corrected chi connectivity index (χ0v) is 13.5. The predicted molar refractivity (Wildman–Crippen MR) is 87.2 cm³/mol. The zero-order valence-electron chi connectivity index (χ0n) is 11.2. The average Bonchev–Trinajstić information content (AvgIpc) is 2.37. The maximum atomic E-state index is 6.02. The van der Waals surface area contributed by atoms with E-state index in [4.69, 9.17) is 33.7 Å². The van der Waals surface area contributed by atoms with Gasteiger partial charge in [-0.3, -0.25) is 0 Å². The Hall–Kier alpha value is -1.03. The van der Waals surface area contributed by atoms with Crippen molar-refractivity contribution in [3.05, 3.63) is 46.4 Å². The third-order valence-corrected chi connectivity index (χ3v) is 4.19. The molecule has 0 aliphatic heterocycles. The molecule has 20 heavy (non-hydrogen) atoms. The highest BCUT2D eigenvalue weighted by Gasteiger charge is 2.07. The molecule has 2 aromatic carbocycles. The lowest BCUT2D eigenvalue weighted by Gasteiger charge is -2.13. The summed E-state index contributed by atoms with van der Waals surface area (Å²) in [5, 5.41) is 1.10. The summed E-state index contributed by atoms with van der Waals surface area (Å²) in [6, 6.07) is 11.3. The van der Waals surface area contributed by atoms with Gasteiger partial charge >= 0.3 is 0 Å². The molecule has 0 spiro atoms. The maximum absolute atomic E-state index is 6.02. The minimum atomic E-state index is 0.0857. The smallest absolute Gasteiger partial charge is 0.143 e. The number of nitrogen functional groups attached to an aromatic ring is 1. The molecule has 2 aromatic rings. The summed E-state index contributed by atoms with van der Waals surface area (Å²) >= 11 is 13.5. The second kappa shape index (κ2) is 6.61. The van der Waals surface area contributed by atoms with Gasteiger partial charge in [-0.1, -0.05) is 35.0 Å². The van der Waals surface area contributed by atoms with E-state index in [-0.39, 0.29) is 6.10 Å². The fraction of sp³-hybridized carbons (Fsp3) is 0.200. The van der Waals surface area contributed by atoms with Gasteiger partial charge in [-0.05, 0) is 50.2 Å². The van der Waals surface area contributed by atoms with Crippen LogP contribution in [0.5, 0.6) is 5.75 Å². The second-order valence-electron chi connectivity index (χ2n) is 4.54. The number of hydrogen-bond acceptors (Lipinski definition) is 3. The molecule has 0 saturated heterocycles. The molecule has 5 heteroatoms. The molecule has 0 radical (unpaired) electrons. The molecule has 0 atom stereocenters. The Labute approximate surface area is 133 Å². The van der Waals surface area contributed by atoms with Crippen molar-refractivity contribution in [2.45, 2.75) is 29.7 Å². The van der Waals surface area contributed by atoms with E-state index in [1.54, 1.807) is 17.8 Å². The first-order valence-electron chi connectivity index (χ1n) is 6.15. The lowest BCUT2D eigenvalue weighted by atomic mass is 10.3. The number of rotatable bonds is 4. The molecule has 2 nitrogen and oxygen atoms in total. The Morgan fingerprint density at radius 3 is 2.30 bits per heavy atom. The molecular weight excluding hydrogens is 313 g/mol. The van der Waals surface area contributed by atoms with Crippen molar-refractivity contribution in [2.75, 3.05) is 5.73 Å². The molecule has 0 aliphatic carbocycles. The average molecular weight is 328 g/mol. The predicted octanol–water partition coefficient (Wildman–Crippen LogP) is 5.51. The summed E-state index contributed by atoms with van der Waals surface area (Å²) in [5.74, 6) is 0.699. The Balaban J connectivity index is 2.22. The van der Waals surface area contributed by atoms with Gasteiger partial charge in [0.25, 0.3) is 0 Å². The van der Waals surface area contributed by atoms with Crippen LogP contribution < -0.4 is 10.5 Å². The molecule has 0 unspecified atom stereocenters. The van der Waals surface area contributed by atoms with Crippen LogP contribution in [0.2, 0.25) is 10.0 Å². The third-order valence-electron chi connectivity index (χ3n) is 2.47. The van der Waals surface area contributed by atoms with Gasteiger partial charge in [-0.25, -0.2) is 0 Å². The Morgan fingerprint density at radius 2 is 1.65 bits per heavy atom. The lowest BCUT2D eigenvalue weighted by Crippen LogP contribution is -2.07. The van der Waals surface area contributed by atoms with Crippen LogP contribution in [0.3, 0.4) is 0 Å². The topological polar surface area (TPSA) is 35.2 Å². The van der Waals surface area contributed by atoms with Crippen molar-refractivity contribution in [2.24, 2.45) is 0 Å². The van der Waals surface area contributed by atoms with Crippen LogP contribution >= 0.6 is 35.0 Å². The van der Waals surface area contributed by atoms with Gasteiger partial charge in [0.05, 0.1) is 21.8 Å². The van der Waals surface area contributed by atoms with Crippen LogP contribution in [0.1, 0.15) is 13.8 Å². The molecule has 0 bridgehead atoms. The Bertz CT molecular complexity index is 617. The fourth-order valence-corrected chi connectivity index (χ4v) is 2.86. The highest BCUT2D eigenvalue weighted by atomic mass is 35.5. The first-order valence-corrected chi connectivity index (χ1v) is 7.72. The third kappa shape index (κ3) is 3.98. The molecule has 0 heterocycles. The van der Waals surface area contributed by atoms with Crippen molar-refractivity contribution in [1.29, 1.82) is 0 Å². The van der Waals surface area contributed by atoms with E-state index in [2.05, 4.69) is 0 Å². The standard InChI is InChI=1S/C15H15Cl2NOS/c1-9(2)19-15-8-11(4-6-14(15)18)20-10-3-5-12(16)13(17)7-10/h3-9H,18H2,1-2H3. The molecule has 0 aliphatic rings. The highest BCUT2D eigenvalue weighted by Crippen LogP contribution is 2.35.